The third-order valence-electron chi connectivity index (χ3n) is 6.25. The van der Waals surface area contributed by atoms with Crippen molar-refractivity contribution in [2.24, 2.45) is 4.99 Å². The topological polar surface area (TPSA) is 119 Å². The Morgan fingerprint density at radius 2 is 1.69 bits per heavy atom. The van der Waals surface area contributed by atoms with E-state index in [1.165, 1.54) is 24.4 Å². The number of benzene rings is 3. The van der Waals surface area contributed by atoms with E-state index in [0.717, 1.165) is 5.56 Å². The van der Waals surface area contributed by atoms with Crippen LogP contribution in [0.5, 0.6) is 0 Å². The smallest absolute Gasteiger partial charge is 0.227 e. The second-order valence-electron chi connectivity index (χ2n) is 8.78. The van der Waals surface area contributed by atoms with Gasteiger partial charge >= 0.3 is 0 Å². The standard InChI is InChI=1S/C28H19ClF2N6O2/c29-16-6-9-18-19(10-16)25(23-20(30)2-1-3-21(23)31)32-11-15-12-34-28(37-24(15)18)35-17-7-4-14(5-8-17)26-33-13-22(36-26)27(38)39/h1-10,12-13,27,38-39H,11H2,(H,33,36)(H,34,35,37). The molecule has 0 aliphatic carbocycles. The van der Waals surface area contributed by atoms with Crippen LogP contribution >= 0.6 is 11.6 Å². The molecule has 5 aromatic rings. The number of aromatic amines is 1. The maximum absolute atomic E-state index is 14.8. The van der Waals surface area contributed by atoms with E-state index in [9.17, 15) is 19.0 Å². The fourth-order valence-electron chi connectivity index (χ4n) is 4.38. The first-order chi connectivity index (χ1) is 18.9. The second-order valence-corrected chi connectivity index (χ2v) is 9.22. The summed E-state index contributed by atoms with van der Waals surface area (Å²) in [5.41, 5.74) is 3.89. The average Bonchev–Trinajstić information content (AvgIpc) is 3.37. The SMILES string of the molecule is OC(O)c1cnc(-c2ccc(Nc3ncc4c(n3)-c3ccc(Cl)cc3C(c3c(F)cccc3F)=NC4)cc2)[nH]1. The highest BCUT2D eigenvalue weighted by Gasteiger charge is 2.25. The van der Waals surface area contributed by atoms with E-state index >= 15 is 0 Å². The number of imidazole rings is 1. The number of nitrogens with one attached hydrogen (secondary N) is 2. The van der Waals surface area contributed by atoms with Gasteiger partial charge in [-0.15, -0.1) is 0 Å². The molecule has 0 saturated carbocycles. The fraction of sp³-hybridized carbons (Fsp3) is 0.0714. The molecule has 1 aliphatic heterocycles. The summed E-state index contributed by atoms with van der Waals surface area (Å²) >= 11 is 6.28. The lowest BCUT2D eigenvalue weighted by atomic mass is 9.95. The van der Waals surface area contributed by atoms with Crippen molar-refractivity contribution in [1.82, 2.24) is 19.9 Å². The van der Waals surface area contributed by atoms with Gasteiger partial charge in [0.05, 0.1) is 35.4 Å². The molecular formula is C28H19ClF2N6O2. The normalized spacial score (nSPS) is 12.5. The minimum atomic E-state index is -1.63. The summed E-state index contributed by atoms with van der Waals surface area (Å²) < 4.78 is 29.5. The summed E-state index contributed by atoms with van der Waals surface area (Å²) in [6.07, 6.45) is 1.36. The molecule has 0 amide bonds. The van der Waals surface area contributed by atoms with Crippen molar-refractivity contribution >= 4 is 28.9 Å². The van der Waals surface area contributed by atoms with Crippen molar-refractivity contribution in [3.63, 3.8) is 0 Å². The Morgan fingerprint density at radius 1 is 0.923 bits per heavy atom. The molecule has 11 heteroatoms. The number of aromatic nitrogens is 4. The summed E-state index contributed by atoms with van der Waals surface area (Å²) in [6, 6.07) is 16.0. The first kappa shape index (κ1) is 24.8. The van der Waals surface area contributed by atoms with Gasteiger partial charge in [0.15, 0.2) is 6.29 Å². The Labute approximate surface area is 225 Å². The van der Waals surface area contributed by atoms with Crippen LogP contribution in [0.25, 0.3) is 22.6 Å². The van der Waals surface area contributed by atoms with Crippen molar-refractivity contribution in [2.75, 3.05) is 5.32 Å². The molecule has 8 nitrogen and oxygen atoms in total. The van der Waals surface area contributed by atoms with E-state index < -0.39 is 17.9 Å². The minimum absolute atomic E-state index is 0.118. The van der Waals surface area contributed by atoms with Gasteiger partial charge in [-0.2, -0.15) is 0 Å². The Hall–Kier alpha value is -4.51. The van der Waals surface area contributed by atoms with Crippen molar-refractivity contribution in [3.05, 3.63) is 112 Å². The van der Waals surface area contributed by atoms with Crippen LogP contribution in [0.1, 0.15) is 28.7 Å². The van der Waals surface area contributed by atoms with Crippen molar-refractivity contribution in [3.8, 4) is 22.6 Å². The zero-order chi connectivity index (χ0) is 27.1. The largest absolute Gasteiger partial charge is 0.363 e. The first-order valence-corrected chi connectivity index (χ1v) is 12.2. The van der Waals surface area contributed by atoms with Gasteiger partial charge in [0.2, 0.25) is 5.95 Å². The minimum Gasteiger partial charge on any atom is -0.363 e. The van der Waals surface area contributed by atoms with E-state index in [1.54, 1.807) is 48.7 Å². The highest BCUT2D eigenvalue weighted by Crippen LogP contribution is 2.35. The molecule has 0 atom stereocenters. The van der Waals surface area contributed by atoms with Crippen LogP contribution in [0.4, 0.5) is 20.4 Å². The van der Waals surface area contributed by atoms with Gasteiger partial charge in [-0.25, -0.2) is 23.7 Å². The van der Waals surface area contributed by atoms with E-state index in [1.807, 2.05) is 0 Å². The Bertz CT molecular complexity index is 1720. The number of nitrogens with zero attached hydrogens (tertiary/aromatic N) is 4. The lowest BCUT2D eigenvalue weighted by Gasteiger charge is -2.13. The summed E-state index contributed by atoms with van der Waals surface area (Å²) in [5, 5.41) is 22.1. The van der Waals surface area contributed by atoms with Crippen molar-refractivity contribution in [2.45, 2.75) is 12.8 Å². The lowest BCUT2D eigenvalue weighted by Crippen LogP contribution is -2.10. The molecule has 0 unspecified atom stereocenters. The average molecular weight is 545 g/mol. The Morgan fingerprint density at radius 3 is 2.41 bits per heavy atom. The van der Waals surface area contributed by atoms with Crippen LogP contribution in [0.3, 0.4) is 0 Å². The number of aliphatic imine (C=N–C) groups is 1. The molecule has 2 aromatic heterocycles. The van der Waals surface area contributed by atoms with Crippen LogP contribution in [-0.2, 0) is 6.54 Å². The van der Waals surface area contributed by atoms with Gasteiger partial charge in [0.25, 0.3) is 0 Å². The third kappa shape index (κ3) is 4.76. The summed E-state index contributed by atoms with van der Waals surface area (Å²) in [6.45, 7) is 0.118. The van der Waals surface area contributed by atoms with Gasteiger partial charge in [0.1, 0.15) is 17.5 Å². The summed E-state index contributed by atoms with van der Waals surface area (Å²) in [7, 11) is 0. The van der Waals surface area contributed by atoms with Crippen LogP contribution in [0, 0.1) is 11.6 Å². The highest BCUT2D eigenvalue weighted by molar-refractivity contribution is 6.31. The van der Waals surface area contributed by atoms with E-state index in [0.29, 0.717) is 44.9 Å². The highest BCUT2D eigenvalue weighted by atomic mass is 35.5. The number of H-pyrrole nitrogens is 1. The van der Waals surface area contributed by atoms with E-state index in [-0.39, 0.29) is 23.5 Å². The van der Waals surface area contributed by atoms with Crippen LogP contribution < -0.4 is 5.32 Å². The monoisotopic (exact) mass is 544 g/mol. The van der Waals surface area contributed by atoms with Gasteiger partial charge in [-0.3, -0.25) is 4.99 Å². The molecule has 0 spiro atoms. The molecule has 1 aliphatic rings. The zero-order valence-electron chi connectivity index (χ0n) is 20.0. The van der Waals surface area contributed by atoms with Gasteiger partial charge < -0.3 is 20.5 Å². The molecule has 0 fully saturated rings. The van der Waals surface area contributed by atoms with Crippen LogP contribution in [0.2, 0.25) is 5.02 Å². The van der Waals surface area contributed by atoms with Crippen LogP contribution in [-0.4, -0.2) is 35.9 Å². The van der Waals surface area contributed by atoms with Gasteiger partial charge in [-0.1, -0.05) is 23.7 Å². The predicted octanol–water partition coefficient (Wildman–Crippen LogP) is 5.54. The molecular weight excluding hydrogens is 526 g/mol. The van der Waals surface area contributed by atoms with Gasteiger partial charge in [0, 0.05) is 39.2 Å². The number of halogens is 3. The molecule has 194 valence electrons. The number of hydrogen-bond acceptors (Lipinski definition) is 7. The quantitative estimate of drug-likeness (QED) is 0.216. The second kappa shape index (κ2) is 9.99. The molecule has 39 heavy (non-hydrogen) atoms. The maximum atomic E-state index is 14.8. The summed E-state index contributed by atoms with van der Waals surface area (Å²) in [4.78, 5) is 20.7. The molecule has 3 heterocycles. The third-order valence-corrected chi connectivity index (χ3v) is 6.49. The van der Waals surface area contributed by atoms with Crippen molar-refractivity contribution < 1.29 is 19.0 Å². The summed E-state index contributed by atoms with van der Waals surface area (Å²) in [5.74, 6) is -0.642. The van der Waals surface area contributed by atoms with Crippen LogP contribution in [0.15, 0.2) is 78.0 Å². The first-order valence-electron chi connectivity index (χ1n) is 11.8. The van der Waals surface area contributed by atoms with E-state index in [2.05, 4.69) is 25.3 Å². The van der Waals surface area contributed by atoms with Crippen molar-refractivity contribution in [1.29, 1.82) is 0 Å². The molecule has 0 radical (unpaired) electrons. The number of aliphatic hydroxyl groups is 2. The zero-order valence-corrected chi connectivity index (χ0v) is 20.8. The number of aliphatic hydroxyl groups excluding tert-OH is 1. The van der Waals surface area contributed by atoms with E-state index in [4.69, 9.17) is 16.6 Å². The fourth-order valence-corrected chi connectivity index (χ4v) is 4.55. The molecule has 0 saturated heterocycles. The number of anilines is 2. The Kier molecular flexibility index (Phi) is 6.35. The number of rotatable bonds is 5. The molecule has 6 rings (SSSR count). The molecule has 4 N–H and O–H groups in total. The lowest BCUT2D eigenvalue weighted by molar-refractivity contribution is -0.0455. The van der Waals surface area contributed by atoms with Gasteiger partial charge in [-0.05, 0) is 48.5 Å². The molecule has 0 bridgehead atoms. The Balaban J connectivity index is 1.34. The number of hydrogen-bond donors (Lipinski definition) is 4. The molecule has 3 aromatic carbocycles. The number of fused-ring (bicyclic) bond motifs is 3. The predicted molar refractivity (Wildman–Crippen MR) is 143 cm³/mol. The maximum Gasteiger partial charge on any atom is 0.227 e.